The van der Waals surface area contributed by atoms with Crippen LogP contribution in [0.4, 0.5) is 0 Å². The molecule has 0 aliphatic rings. The summed E-state index contributed by atoms with van der Waals surface area (Å²) in [5.41, 5.74) is 0.756. The Bertz CT molecular complexity index is 451. The van der Waals surface area contributed by atoms with Crippen molar-refractivity contribution in [1.29, 1.82) is 0 Å². The molecule has 0 unspecified atom stereocenters. The minimum atomic E-state index is -0.335. The van der Waals surface area contributed by atoms with Crippen molar-refractivity contribution in [2.24, 2.45) is 5.41 Å². The van der Waals surface area contributed by atoms with Crippen molar-refractivity contribution in [1.82, 2.24) is 5.32 Å². The molecule has 1 N–H and O–H groups in total. The van der Waals surface area contributed by atoms with Gasteiger partial charge in [0.25, 0.3) is 0 Å². The van der Waals surface area contributed by atoms with Crippen molar-refractivity contribution >= 4 is 21.7 Å². The smallest absolute Gasteiger partial charge is 0.155 e. The first-order valence-electron chi connectivity index (χ1n) is 7.05. The van der Waals surface area contributed by atoms with E-state index in [2.05, 4.69) is 54.2 Å². The van der Waals surface area contributed by atoms with E-state index < -0.39 is 0 Å². The molecule has 0 saturated heterocycles. The standard InChI is InChI=1S/C17H26BrNO/c1-16(2,3)15(20)14(19-17(4,5)6)11-12-7-9-13(18)10-8-12/h7-10,14,19H,11H2,1-6H3/t14-/m0/s1. The van der Waals surface area contributed by atoms with Crippen LogP contribution in [0.15, 0.2) is 28.7 Å². The third-order valence-corrected chi connectivity index (χ3v) is 3.54. The van der Waals surface area contributed by atoms with Gasteiger partial charge in [0.2, 0.25) is 0 Å². The first kappa shape index (κ1) is 17.4. The number of halogens is 1. The van der Waals surface area contributed by atoms with Crippen LogP contribution in [0.2, 0.25) is 0 Å². The van der Waals surface area contributed by atoms with Crippen LogP contribution >= 0.6 is 15.9 Å². The van der Waals surface area contributed by atoms with Gasteiger partial charge in [0.15, 0.2) is 5.78 Å². The maximum absolute atomic E-state index is 12.6. The molecule has 20 heavy (non-hydrogen) atoms. The predicted octanol–water partition coefficient (Wildman–Crippen LogP) is 4.36. The lowest BCUT2D eigenvalue weighted by atomic mass is 9.83. The first-order chi connectivity index (χ1) is 8.99. The van der Waals surface area contributed by atoms with E-state index in [1.807, 2.05) is 32.9 Å². The van der Waals surface area contributed by atoms with Crippen molar-refractivity contribution in [3.63, 3.8) is 0 Å². The summed E-state index contributed by atoms with van der Waals surface area (Å²) in [6, 6.07) is 8.02. The number of carbonyl (C=O) groups is 1. The van der Waals surface area contributed by atoms with E-state index in [-0.39, 0.29) is 22.8 Å². The fourth-order valence-corrected chi connectivity index (χ4v) is 2.38. The zero-order valence-electron chi connectivity index (χ0n) is 13.4. The van der Waals surface area contributed by atoms with E-state index in [1.165, 1.54) is 5.56 Å². The fourth-order valence-electron chi connectivity index (χ4n) is 2.11. The van der Waals surface area contributed by atoms with Crippen LogP contribution in [0, 0.1) is 5.41 Å². The summed E-state index contributed by atoms with van der Waals surface area (Å²) in [5.74, 6) is 0.260. The second kappa shape index (κ2) is 6.40. The number of carbonyl (C=O) groups excluding carboxylic acids is 1. The molecule has 112 valence electrons. The highest BCUT2D eigenvalue weighted by molar-refractivity contribution is 9.10. The Morgan fingerprint density at radius 2 is 1.60 bits per heavy atom. The monoisotopic (exact) mass is 339 g/mol. The number of Topliss-reactive ketones (excluding diaryl/α,β-unsaturated/α-hetero) is 1. The zero-order valence-corrected chi connectivity index (χ0v) is 15.0. The zero-order chi connectivity index (χ0) is 15.6. The number of hydrogen-bond acceptors (Lipinski definition) is 2. The topological polar surface area (TPSA) is 29.1 Å². The van der Waals surface area contributed by atoms with Gasteiger partial charge in [-0.25, -0.2) is 0 Å². The van der Waals surface area contributed by atoms with Crippen molar-refractivity contribution < 1.29 is 4.79 Å². The van der Waals surface area contributed by atoms with Gasteiger partial charge in [-0.15, -0.1) is 0 Å². The molecule has 3 heteroatoms. The summed E-state index contributed by atoms with van der Waals surface area (Å²) in [7, 11) is 0. The van der Waals surface area contributed by atoms with Crippen molar-refractivity contribution in [3.8, 4) is 0 Å². The highest BCUT2D eigenvalue weighted by atomic mass is 79.9. The molecule has 0 saturated carbocycles. The Labute approximate surface area is 131 Å². The van der Waals surface area contributed by atoms with Crippen LogP contribution in [-0.4, -0.2) is 17.4 Å². The second-order valence-corrected chi connectivity index (χ2v) is 8.31. The molecule has 1 atom stereocenters. The SMILES string of the molecule is CC(C)(C)N[C@@H](Cc1ccc(Br)cc1)C(=O)C(C)(C)C. The molecule has 0 aliphatic carbocycles. The molecule has 0 spiro atoms. The molecule has 1 aromatic carbocycles. The van der Waals surface area contributed by atoms with Crippen LogP contribution in [0.25, 0.3) is 0 Å². The van der Waals surface area contributed by atoms with Crippen LogP contribution in [0.5, 0.6) is 0 Å². The number of benzene rings is 1. The van der Waals surface area contributed by atoms with Gasteiger partial charge in [-0.2, -0.15) is 0 Å². The Kier molecular flexibility index (Phi) is 5.56. The van der Waals surface area contributed by atoms with E-state index in [0.717, 1.165) is 10.9 Å². The van der Waals surface area contributed by atoms with E-state index in [0.29, 0.717) is 0 Å². The summed E-state index contributed by atoms with van der Waals surface area (Å²) in [4.78, 5) is 12.6. The maximum atomic E-state index is 12.6. The average molecular weight is 340 g/mol. The summed E-state index contributed by atoms with van der Waals surface area (Å²) in [6.07, 6.45) is 0.723. The van der Waals surface area contributed by atoms with E-state index in [9.17, 15) is 4.79 Å². The Hall–Kier alpha value is -0.670. The van der Waals surface area contributed by atoms with Gasteiger partial charge in [0.1, 0.15) is 0 Å². The van der Waals surface area contributed by atoms with Crippen molar-refractivity contribution in [3.05, 3.63) is 34.3 Å². The Morgan fingerprint density at radius 3 is 2.00 bits per heavy atom. The predicted molar refractivity (Wildman–Crippen MR) is 89.0 cm³/mol. The Morgan fingerprint density at radius 1 is 1.10 bits per heavy atom. The lowest BCUT2D eigenvalue weighted by molar-refractivity contribution is -0.128. The minimum absolute atomic E-state index is 0.0824. The molecule has 0 bridgehead atoms. The molecular formula is C17H26BrNO. The van der Waals surface area contributed by atoms with Gasteiger partial charge in [0, 0.05) is 15.4 Å². The highest BCUT2D eigenvalue weighted by Gasteiger charge is 2.31. The molecule has 1 rings (SSSR count). The molecule has 0 aromatic heterocycles. The van der Waals surface area contributed by atoms with E-state index in [4.69, 9.17) is 0 Å². The molecular weight excluding hydrogens is 314 g/mol. The summed E-state index contributed by atoms with van der Waals surface area (Å²) in [5, 5.41) is 3.46. The largest absolute Gasteiger partial charge is 0.302 e. The lowest BCUT2D eigenvalue weighted by Gasteiger charge is -2.32. The third-order valence-electron chi connectivity index (χ3n) is 3.02. The van der Waals surface area contributed by atoms with Crippen LogP contribution < -0.4 is 5.32 Å². The molecule has 1 aromatic rings. The lowest BCUT2D eigenvalue weighted by Crippen LogP contribution is -2.51. The van der Waals surface area contributed by atoms with E-state index >= 15 is 0 Å². The number of ketones is 1. The van der Waals surface area contributed by atoms with Gasteiger partial charge in [-0.1, -0.05) is 48.8 Å². The van der Waals surface area contributed by atoms with Gasteiger partial charge in [-0.3, -0.25) is 4.79 Å². The number of nitrogens with one attached hydrogen (secondary N) is 1. The first-order valence-corrected chi connectivity index (χ1v) is 7.85. The second-order valence-electron chi connectivity index (χ2n) is 7.39. The number of hydrogen-bond donors (Lipinski definition) is 1. The van der Waals surface area contributed by atoms with Crippen molar-refractivity contribution in [2.75, 3.05) is 0 Å². The summed E-state index contributed by atoms with van der Waals surface area (Å²) < 4.78 is 1.06. The van der Waals surface area contributed by atoms with Gasteiger partial charge in [-0.05, 0) is 44.9 Å². The Balaban J connectivity index is 2.93. The fraction of sp³-hybridized carbons (Fsp3) is 0.588. The van der Waals surface area contributed by atoms with Gasteiger partial charge in [0.05, 0.1) is 6.04 Å². The van der Waals surface area contributed by atoms with Gasteiger partial charge >= 0.3 is 0 Å². The van der Waals surface area contributed by atoms with Crippen LogP contribution in [0.1, 0.15) is 47.1 Å². The summed E-state index contributed by atoms with van der Waals surface area (Å²) in [6.45, 7) is 12.2. The highest BCUT2D eigenvalue weighted by Crippen LogP contribution is 2.21. The molecule has 0 aliphatic heterocycles. The molecule has 2 nitrogen and oxygen atoms in total. The minimum Gasteiger partial charge on any atom is -0.302 e. The quantitative estimate of drug-likeness (QED) is 0.882. The molecule has 0 fully saturated rings. The molecule has 0 amide bonds. The van der Waals surface area contributed by atoms with Crippen LogP contribution in [0.3, 0.4) is 0 Å². The summed E-state index contributed by atoms with van der Waals surface area (Å²) >= 11 is 3.44. The van der Waals surface area contributed by atoms with E-state index in [1.54, 1.807) is 0 Å². The number of rotatable bonds is 4. The normalized spacial score (nSPS) is 14.2. The average Bonchev–Trinajstić information content (AvgIpc) is 2.27. The van der Waals surface area contributed by atoms with Gasteiger partial charge < -0.3 is 5.32 Å². The van der Waals surface area contributed by atoms with Crippen LogP contribution in [-0.2, 0) is 11.2 Å². The maximum Gasteiger partial charge on any atom is 0.155 e. The molecule has 0 radical (unpaired) electrons. The van der Waals surface area contributed by atoms with Crippen molar-refractivity contribution in [2.45, 2.75) is 59.5 Å². The molecule has 0 heterocycles. The third kappa shape index (κ3) is 5.76.